The molecule has 0 aliphatic carbocycles. The van der Waals surface area contributed by atoms with Gasteiger partial charge in [0.2, 0.25) is 0 Å². The van der Waals surface area contributed by atoms with E-state index in [1.165, 1.54) is 17.7 Å². The van der Waals surface area contributed by atoms with Gasteiger partial charge in [0, 0.05) is 22.5 Å². The smallest absolute Gasteiger partial charge is 0.196 e. The summed E-state index contributed by atoms with van der Waals surface area (Å²) in [5.41, 5.74) is 5.50. The van der Waals surface area contributed by atoms with Gasteiger partial charge >= 0.3 is 0 Å². The molecule has 5 N–H and O–H groups in total. The van der Waals surface area contributed by atoms with Crippen molar-refractivity contribution in [1.82, 2.24) is 0 Å². The molecule has 0 aromatic heterocycles. The summed E-state index contributed by atoms with van der Waals surface area (Å²) in [5.74, 6) is 0.174. The maximum absolute atomic E-state index is 11.9. The molecule has 0 fully saturated rings. The molecule has 0 atom stereocenters. The molecule has 6 rings (SSSR count). The first-order valence-electron chi connectivity index (χ1n) is 15.5. The Labute approximate surface area is 280 Å². The van der Waals surface area contributed by atoms with E-state index < -0.39 is 5.41 Å². The van der Waals surface area contributed by atoms with Crippen molar-refractivity contribution in [3.63, 3.8) is 0 Å². The highest BCUT2D eigenvalue weighted by atomic mass is 16.3. The SMILES string of the molecule is CC(C)(c1ccc(O)cc1)c1ccc(C(C)(c2ccc(O)cc2)c2ccc(O)cc2)cc1.O=C(c1ccccc1)c1ccc(O)cc1O. The molecule has 0 radical (unpaired) electrons. The molecule has 0 spiro atoms. The van der Waals surface area contributed by atoms with Crippen LogP contribution in [-0.2, 0) is 10.8 Å². The van der Waals surface area contributed by atoms with Crippen LogP contribution < -0.4 is 0 Å². The Hall–Kier alpha value is -6.01. The van der Waals surface area contributed by atoms with E-state index in [4.69, 9.17) is 5.11 Å². The number of carbonyl (C=O) groups excluding carboxylic acids is 1. The summed E-state index contributed by atoms with van der Waals surface area (Å²) in [6.45, 7) is 6.51. The first-order chi connectivity index (χ1) is 22.9. The maximum Gasteiger partial charge on any atom is 0.196 e. The number of phenols is 5. The summed E-state index contributed by atoms with van der Waals surface area (Å²) in [5, 5.41) is 47.9. The second kappa shape index (κ2) is 13.8. The topological polar surface area (TPSA) is 118 Å². The Morgan fingerprint density at radius 1 is 0.438 bits per heavy atom. The van der Waals surface area contributed by atoms with Crippen LogP contribution in [0.25, 0.3) is 0 Å². The Balaban J connectivity index is 0.000000236. The van der Waals surface area contributed by atoms with Gasteiger partial charge in [-0.2, -0.15) is 0 Å². The van der Waals surface area contributed by atoms with Crippen molar-refractivity contribution < 1.29 is 30.3 Å². The highest BCUT2D eigenvalue weighted by Gasteiger charge is 2.32. The monoisotopic (exact) mass is 638 g/mol. The zero-order valence-corrected chi connectivity index (χ0v) is 27.0. The summed E-state index contributed by atoms with van der Waals surface area (Å²) in [6, 6.07) is 43.1. The van der Waals surface area contributed by atoms with Gasteiger partial charge in [0.15, 0.2) is 5.78 Å². The van der Waals surface area contributed by atoms with E-state index in [2.05, 4.69) is 45.0 Å². The summed E-state index contributed by atoms with van der Waals surface area (Å²) >= 11 is 0. The average molecular weight is 639 g/mol. The molecule has 48 heavy (non-hydrogen) atoms. The third kappa shape index (κ3) is 7.03. The van der Waals surface area contributed by atoms with Crippen LogP contribution in [0.1, 0.15) is 64.5 Å². The van der Waals surface area contributed by atoms with Gasteiger partial charge in [0.05, 0.1) is 5.56 Å². The van der Waals surface area contributed by atoms with E-state index in [0.717, 1.165) is 28.3 Å². The number of hydrogen-bond acceptors (Lipinski definition) is 6. The van der Waals surface area contributed by atoms with Crippen LogP contribution in [0.2, 0.25) is 0 Å². The van der Waals surface area contributed by atoms with Crippen molar-refractivity contribution >= 4 is 5.78 Å². The zero-order chi connectivity index (χ0) is 34.5. The fraction of sp³-hybridized carbons (Fsp3) is 0.119. The number of aromatic hydroxyl groups is 5. The van der Waals surface area contributed by atoms with E-state index in [1.54, 1.807) is 60.7 Å². The third-order valence-corrected chi connectivity index (χ3v) is 8.92. The number of rotatable bonds is 7. The molecule has 0 amide bonds. The third-order valence-electron chi connectivity index (χ3n) is 8.92. The molecule has 0 saturated heterocycles. The minimum Gasteiger partial charge on any atom is -0.508 e. The van der Waals surface area contributed by atoms with Gasteiger partial charge in [-0.05, 0) is 83.3 Å². The second-order valence-corrected chi connectivity index (χ2v) is 12.4. The lowest BCUT2D eigenvalue weighted by Gasteiger charge is -2.33. The van der Waals surface area contributed by atoms with E-state index >= 15 is 0 Å². The van der Waals surface area contributed by atoms with Crippen LogP contribution in [0.15, 0.2) is 146 Å². The maximum atomic E-state index is 11.9. The van der Waals surface area contributed by atoms with Crippen LogP contribution in [0, 0.1) is 0 Å². The molecule has 0 aliphatic heterocycles. The lowest BCUT2D eigenvalue weighted by atomic mass is 9.70. The lowest BCUT2D eigenvalue weighted by molar-refractivity contribution is 0.103. The Bertz CT molecular complexity index is 1930. The normalized spacial score (nSPS) is 11.3. The van der Waals surface area contributed by atoms with Crippen molar-refractivity contribution in [3.05, 3.63) is 185 Å². The van der Waals surface area contributed by atoms with Crippen molar-refractivity contribution in [2.24, 2.45) is 0 Å². The van der Waals surface area contributed by atoms with Crippen molar-refractivity contribution in [3.8, 4) is 28.7 Å². The summed E-state index contributed by atoms with van der Waals surface area (Å²) < 4.78 is 0. The molecule has 0 bridgehead atoms. The molecular weight excluding hydrogens is 600 g/mol. The van der Waals surface area contributed by atoms with Gasteiger partial charge in [0.1, 0.15) is 28.7 Å². The minimum absolute atomic E-state index is 0.0675. The van der Waals surface area contributed by atoms with Gasteiger partial charge in [-0.3, -0.25) is 4.79 Å². The summed E-state index contributed by atoms with van der Waals surface area (Å²) in [7, 11) is 0. The Kier molecular flexibility index (Phi) is 9.57. The first kappa shape index (κ1) is 33.4. The molecule has 6 nitrogen and oxygen atoms in total. The van der Waals surface area contributed by atoms with Gasteiger partial charge in [-0.1, -0.05) is 105 Å². The van der Waals surface area contributed by atoms with E-state index in [1.807, 2.05) is 42.5 Å². The van der Waals surface area contributed by atoms with Gasteiger partial charge < -0.3 is 25.5 Å². The van der Waals surface area contributed by atoms with E-state index in [0.29, 0.717) is 5.56 Å². The average Bonchev–Trinajstić information content (AvgIpc) is 3.09. The number of ketones is 1. The number of carbonyl (C=O) groups is 1. The Morgan fingerprint density at radius 2 is 0.792 bits per heavy atom. The summed E-state index contributed by atoms with van der Waals surface area (Å²) in [6.07, 6.45) is 0. The molecular formula is C42H38O6. The number of phenolic OH excluding ortho intramolecular Hbond substituents is 5. The Morgan fingerprint density at radius 3 is 1.21 bits per heavy atom. The van der Waals surface area contributed by atoms with Crippen LogP contribution in [-0.4, -0.2) is 31.3 Å². The van der Waals surface area contributed by atoms with Gasteiger partial charge in [-0.15, -0.1) is 0 Å². The fourth-order valence-corrected chi connectivity index (χ4v) is 5.81. The summed E-state index contributed by atoms with van der Waals surface area (Å²) in [4.78, 5) is 11.9. The second-order valence-electron chi connectivity index (χ2n) is 12.4. The predicted octanol–water partition coefficient (Wildman–Crippen LogP) is 8.81. The molecule has 6 heteroatoms. The van der Waals surface area contributed by atoms with Crippen LogP contribution in [0.4, 0.5) is 0 Å². The molecule has 6 aromatic rings. The zero-order valence-electron chi connectivity index (χ0n) is 27.0. The fourth-order valence-electron chi connectivity index (χ4n) is 5.81. The van der Waals surface area contributed by atoms with Crippen molar-refractivity contribution in [2.75, 3.05) is 0 Å². The van der Waals surface area contributed by atoms with Crippen molar-refractivity contribution in [2.45, 2.75) is 31.6 Å². The molecule has 6 aromatic carbocycles. The predicted molar refractivity (Wildman–Crippen MR) is 188 cm³/mol. The molecule has 0 unspecified atom stereocenters. The van der Waals surface area contributed by atoms with E-state index in [-0.39, 0.29) is 45.5 Å². The largest absolute Gasteiger partial charge is 0.508 e. The lowest BCUT2D eigenvalue weighted by Crippen LogP contribution is -2.26. The van der Waals surface area contributed by atoms with Gasteiger partial charge in [0.25, 0.3) is 0 Å². The van der Waals surface area contributed by atoms with Crippen LogP contribution in [0.3, 0.4) is 0 Å². The minimum atomic E-state index is -0.470. The molecule has 242 valence electrons. The first-order valence-corrected chi connectivity index (χ1v) is 15.5. The standard InChI is InChI=1S/C29H28O3.C13H10O3/c1-28(2,21-8-14-25(30)15-9-21)20-4-6-22(7-5-20)29(3,23-10-16-26(31)17-11-23)24-12-18-27(32)19-13-24;14-10-6-7-11(12(15)8-10)13(16)9-4-2-1-3-5-9/h4-19,30-32H,1-3H3;1-8,14-15H. The molecule has 0 heterocycles. The van der Waals surface area contributed by atoms with Crippen molar-refractivity contribution in [1.29, 1.82) is 0 Å². The molecule has 0 saturated carbocycles. The number of hydrogen-bond donors (Lipinski definition) is 5. The number of benzene rings is 6. The molecule has 0 aliphatic rings. The quantitative estimate of drug-likeness (QED) is 0.0881. The van der Waals surface area contributed by atoms with Gasteiger partial charge in [-0.25, -0.2) is 0 Å². The highest BCUT2D eigenvalue weighted by Crippen LogP contribution is 2.41. The highest BCUT2D eigenvalue weighted by molar-refractivity contribution is 6.10. The van der Waals surface area contributed by atoms with Crippen LogP contribution in [0.5, 0.6) is 28.7 Å². The van der Waals surface area contributed by atoms with Crippen LogP contribution >= 0.6 is 0 Å². The van der Waals surface area contributed by atoms with E-state index in [9.17, 15) is 25.2 Å².